The fourth-order valence-electron chi connectivity index (χ4n) is 1.72. The summed E-state index contributed by atoms with van der Waals surface area (Å²) in [5.74, 6) is 0. The van der Waals surface area contributed by atoms with Crippen LogP contribution in [0.15, 0.2) is 22.7 Å². The van der Waals surface area contributed by atoms with Gasteiger partial charge in [-0.1, -0.05) is 15.9 Å². The number of halogens is 1. The third kappa shape index (κ3) is 1.79. The third-order valence-corrected chi connectivity index (χ3v) is 3.18. The van der Waals surface area contributed by atoms with E-state index in [-0.39, 0.29) is 6.04 Å². The molecule has 3 nitrogen and oxygen atoms in total. The fraction of sp³-hybridized carbons (Fsp3) is 0.364. The Bertz CT molecular complexity index is 490. The Morgan fingerprint density at radius 3 is 2.87 bits per heavy atom. The number of hydrogen-bond acceptors (Lipinski definition) is 2. The number of hydrogen-bond donors (Lipinski definition) is 1. The third-order valence-electron chi connectivity index (χ3n) is 2.69. The van der Waals surface area contributed by atoms with E-state index in [0.717, 1.165) is 15.7 Å². The van der Waals surface area contributed by atoms with Gasteiger partial charge in [-0.15, -0.1) is 0 Å². The highest BCUT2D eigenvalue weighted by molar-refractivity contribution is 9.10. The van der Waals surface area contributed by atoms with Crippen LogP contribution >= 0.6 is 15.9 Å². The molecule has 0 amide bonds. The van der Waals surface area contributed by atoms with E-state index in [1.54, 1.807) is 0 Å². The van der Waals surface area contributed by atoms with Gasteiger partial charge < -0.3 is 5.32 Å². The molecule has 0 fully saturated rings. The summed E-state index contributed by atoms with van der Waals surface area (Å²) in [6.45, 7) is 2.11. The number of fused-ring (bicyclic) bond motifs is 1. The Labute approximate surface area is 97.6 Å². The molecule has 15 heavy (non-hydrogen) atoms. The average molecular weight is 268 g/mol. The maximum atomic E-state index is 4.53. The second kappa shape index (κ2) is 3.94. The second-order valence-electron chi connectivity index (χ2n) is 3.68. The van der Waals surface area contributed by atoms with Crippen LogP contribution in [-0.2, 0) is 7.05 Å². The molecule has 0 aliphatic rings. The quantitative estimate of drug-likeness (QED) is 0.907. The van der Waals surface area contributed by atoms with E-state index in [2.05, 4.69) is 51.5 Å². The van der Waals surface area contributed by atoms with Gasteiger partial charge in [-0.05, 0) is 32.2 Å². The number of nitrogens with zero attached hydrogens (tertiary/aromatic N) is 2. The van der Waals surface area contributed by atoms with Gasteiger partial charge in [0.15, 0.2) is 0 Å². The first-order valence-electron chi connectivity index (χ1n) is 4.93. The summed E-state index contributed by atoms with van der Waals surface area (Å²) >= 11 is 3.47. The molecular formula is C11H14BrN3. The van der Waals surface area contributed by atoms with E-state index >= 15 is 0 Å². The van der Waals surface area contributed by atoms with Crippen LogP contribution < -0.4 is 5.32 Å². The van der Waals surface area contributed by atoms with Gasteiger partial charge in [-0.2, -0.15) is 5.10 Å². The van der Waals surface area contributed by atoms with E-state index < -0.39 is 0 Å². The van der Waals surface area contributed by atoms with Crippen LogP contribution in [-0.4, -0.2) is 16.8 Å². The highest BCUT2D eigenvalue weighted by atomic mass is 79.9. The van der Waals surface area contributed by atoms with Gasteiger partial charge in [0.25, 0.3) is 0 Å². The minimum atomic E-state index is 0.273. The lowest BCUT2D eigenvalue weighted by molar-refractivity contribution is 0.617. The number of nitrogens with one attached hydrogen (secondary N) is 1. The van der Waals surface area contributed by atoms with E-state index in [0.29, 0.717) is 0 Å². The number of aryl methyl sites for hydroxylation is 1. The van der Waals surface area contributed by atoms with Crippen LogP contribution in [0.4, 0.5) is 0 Å². The van der Waals surface area contributed by atoms with Gasteiger partial charge in [-0.3, -0.25) is 4.68 Å². The van der Waals surface area contributed by atoms with Crippen molar-refractivity contribution in [3.05, 3.63) is 28.4 Å². The maximum Gasteiger partial charge on any atom is 0.0869 e. The fourth-order valence-corrected chi connectivity index (χ4v) is 2.06. The van der Waals surface area contributed by atoms with Crippen LogP contribution in [0.3, 0.4) is 0 Å². The molecule has 1 unspecified atom stereocenters. The lowest BCUT2D eigenvalue weighted by atomic mass is 10.1. The minimum absolute atomic E-state index is 0.273. The Morgan fingerprint density at radius 1 is 1.47 bits per heavy atom. The summed E-state index contributed by atoms with van der Waals surface area (Å²) in [6.07, 6.45) is 0. The van der Waals surface area contributed by atoms with Crippen molar-refractivity contribution in [3.63, 3.8) is 0 Å². The molecule has 0 saturated carbocycles. The van der Waals surface area contributed by atoms with Crippen LogP contribution in [0.25, 0.3) is 10.9 Å². The van der Waals surface area contributed by atoms with Crippen molar-refractivity contribution in [2.24, 2.45) is 7.05 Å². The Kier molecular flexibility index (Phi) is 2.80. The maximum absolute atomic E-state index is 4.53. The smallest absolute Gasteiger partial charge is 0.0869 e. The first kappa shape index (κ1) is 10.6. The molecule has 0 aliphatic heterocycles. The predicted molar refractivity (Wildman–Crippen MR) is 65.9 cm³/mol. The van der Waals surface area contributed by atoms with Crippen molar-refractivity contribution >= 4 is 26.8 Å². The van der Waals surface area contributed by atoms with Crippen molar-refractivity contribution in [2.75, 3.05) is 7.05 Å². The van der Waals surface area contributed by atoms with Gasteiger partial charge in [0.1, 0.15) is 0 Å². The van der Waals surface area contributed by atoms with Crippen molar-refractivity contribution in [1.29, 1.82) is 0 Å². The van der Waals surface area contributed by atoms with E-state index in [1.165, 1.54) is 5.39 Å². The van der Waals surface area contributed by atoms with Gasteiger partial charge in [0.05, 0.1) is 11.2 Å². The number of aromatic nitrogens is 2. The van der Waals surface area contributed by atoms with Crippen molar-refractivity contribution in [2.45, 2.75) is 13.0 Å². The highest BCUT2D eigenvalue weighted by Gasteiger charge is 2.13. The zero-order chi connectivity index (χ0) is 11.0. The molecule has 80 valence electrons. The summed E-state index contributed by atoms with van der Waals surface area (Å²) in [4.78, 5) is 0. The molecule has 2 aromatic rings. The molecular weight excluding hydrogens is 254 g/mol. The molecule has 4 heteroatoms. The molecule has 1 heterocycles. The van der Waals surface area contributed by atoms with Crippen LogP contribution in [0, 0.1) is 0 Å². The molecule has 1 aromatic heterocycles. The molecule has 1 N–H and O–H groups in total. The van der Waals surface area contributed by atoms with Gasteiger partial charge in [0, 0.05) is 22.9 Å². The van der Waals surface area contributed by atoms with Gasteiger partial charge in [-0.25, -0.2) is 0 Å². The van der Waals surface area contributed by atoms with Crippen molar-refractivity contribution in [3.8, 4) is 0 Å². The van der Waals surface area contributed by atoms with Crippen molar-refractivity contribution < 1.29 is 0 Å². The van der Waals surface area contributed by atoms with E-state index in [4.69, 9.17) is 0 Å². The molecule has 2 rings (SSSR count). The topological polar surface area (TPSA) is 29.9 Å². The first-order valence-corrected chi connectivity index (χ1v) is 5.72. The molecule has 0 saturated heterocycles. The number of rotatable bonds is 2. The Balaban J connectivity index is 2.68. The lowest BCUT2D eigenvalue weighted by Gasteiger charge is -2.06. The van der Waals surface area contributed by atoms with E-state index in [1.807, 2.05) is 18.8 Å². The molecule has 1 aromatic carbocycles. The standard InChI is InChI=1S/C11H14BrN3/c1-7(13-2)11-9-5-4-8(12)6-10(9)15(3)14-11/h4-7,13H,1-3H3. The lowest BCUT2D eigenvalue weighted by Crippen LogP contribution is -2.13. The normalized spacial score (nSPS) is 13.3. The molecule has 0 aliphatic carbocycles. The summed E-state index contributed by atoms with van der Waals surface area (Å²) < 4.78 is 3.00. The van der Waals surface area contributed by atoms with Crippen LogP contribution in [0.5, 0.6) is 0 Å². The largest absolute Gasteiger partial charge is 0.312 e. The molecule has 0 bridgehead atoms. The average Bonchev–Trinajstić information content (AvgIpc) is 2.55. The molecule has 0 radical (unpaired) electrons. The SMILES string of the molecule is CNC(C)c1nn(C)c2cc(Br)ccc12. The van der Waals surface area contributed by atoms with E-state index in [9.17, 15) is 0 Å². The zero-order valence-electron chi connectivity index (χ0n) is 9.08. The van der Waals surface area contributed by atoms with Crippen LogP contribution in [0.1, 0.15) is 18.7 Å². The van der Waals surface area contributed by atoms with Gasteiger partial charge >= 0.3 is 0 Å². The molecule has 1 atom stereocenters. The summed E-state index contributed by atoms with van der Waals surface area (Å²) in [5.41, 5.74) is 2.25. The summed E-state index contributed by atoms with van der Waals surface area (Å²) in [6, 6.07) is 6.52. The first-order chi connectivity index (χ1) is 7.13. The van der Waals surface area contributed by atoms with Crippen molar-refractivity contribution in [1.82, 2.24) is 15.1 Å². The minimum Gasteiger partial charge on any atom is -0.312 e. The highest BCUT2D eigenvalue weighted by Crippen LogP contribution is 2.25. The van der Waals surface area contributed by atoms with Crippen LogP contribution in [0.2, 0.25) is 0 Å². The number of benzene rings is 1. The predicted octanol–water partition coefficient (Wildman–Crippen LogP) is 2.62. The Hall–Kier alpha value is -0.870. The molecule has 0 spiro atoms. The summed E-state index contributed by atoms with van der Waals surface area (Å²) in [5, 5.41) is 8.96. The van der Waals surface area contributed by atoms with Gasteiger partial charge in [0.2, 0.25) is 0 Å². The second-order valence-corrected chi connectivity index (χ2v) is 4.60. The zero-order valence-corrected chi connectivity index (χ0v) is 10.7. The summed E-state index contributed by atoms with van der Waals surface area (Å²) in [7, 11) is 3.92. The monoisotopic (exact) mass is 267 g/mol. The Morgan fingerprint density at radius 2 is 2.20 bits per heavy atom.